The largest absolute Gasteiger partial charge is 0.399 e. The van der Waals surface area contributed by atoms with Crippen LogP contribution in [0, 0.1) is 5.92 Å². The number of nitrogens with one attached hydrogen (secondary N) is 1. The monoisotopic (exact) mass is 290 g/mol. The number of nitrogen functional groups attached to an aromatic ring is 1. The Morgan fingerprint density at radius 3 is 2.90 bits per heavy atom. The van der Waals surface area contributed by atoms with Crippen LogP contribution in [0.15, 0.2) is 18.2 Å². The fourth-order valence-corrected chi connectivity index (χ4v) is 2.83. The Morgan fingerprint density at radius 1 is 1.48 bits per heavy atom. The Morgan fingerprint density at radius 2 is 2.24 bits per heavy atom. The van der Waals surface area contributed by atoms with Crippen molar-refractivity contribution in [3.8, 4) is 0 Å². The first-order valence-electron chi connectivity index (χ1n) is 7.51. The van der Waals surface area contributed by atoms with Gasteiger partial charge in [0, 0.05) is 38.6 Å². The summed E-state index contributed by atoms with van der Waals surface area (Å²) in [6, 6.07) is 5.42. The van der Waals surface area contributed by atoms with Crippen LogP contribution >= 0.6 is 0 Å². The number of likely N-dealkylation sites (tertiary alicyclic amines) is 1. The van der Waals surface area contributed by atoms with E-state index >= 15 is 0 Å². The Hall–Kier alpha value is -1.75. The Labute approximate surface area is 127 Å². The molecule has 1 amide bonds. The number of benzene rings is 1. The Balaban J connectivity index is 2.07. The van der Waals surface area contributed by atoms with Crippen LogP contribution in [-0.4, -0.2) is 56.5 Å². The van der Waals surface area contributed by atoms with Gasteiger partial charge in [-0.1, -0.05) is 0 Å². The molecule has 21 heavy (non-hydrogen) atoms. The molecular formula is C16H26N4O. The number of hydrogen-bond donors (Lipinski definition) is 2. The highest BCUT2D eigenvalue weighted by atomic mass is 16.2. The van der Waals surface area contributed by atoms with Crippen molar-refractivity contribution in [2.45, 2.75) is 12.8 Å². The molecular weight excluding hydrogens is 264 g/mol. The lowest BCUT2D eigenvalue weighted by Gasteiger charge is -2.30. The third-order valence-electron chi connectivity index (χ3n) is 3.98. The maximum Gasteiger partial charge on any atom is 0.255 e. The van der Waals surface area contributed by atoms with Gasteiger partial charge in [0.05, 0.1) is 5.56 Å². The summed E-state index contributed by atoms with van der Waals surface area (Å²) >= 11 is 0. The minimum Gasteiger partial charge on any atom is -0.399 e. The van der Waals surface area contributed by atoms with E-state index in [0.717, 1.165) is 18.8 Å². The summed E-state index contributed by atoms with van der Waals surface area (Å²) in [6.07, 6.45) is 2.47. The van der Waals surface area contributed by atoms with E-state index in [1.54, 1.807) is 31.1 Å². The van der Waals surface area contributed by atoms with Gasteiger partial charge < -0.3 is 20.9 Å². The van der Waals surface area contributed by atoms with E-state index in [0.29, 0.717) is 17.2 Å². The van der Waals surface area contributed by atoms with Crippen LogP contribution in [-0.2, 0) is 0 Å². The van der Waals surface area contributed by atoms with Crippen molar-refractivity contribution < 1.29 is 4.79 Å². The topological polar surface area (TPSA) is 61.6 Å². The lowest BCUT2D eigenvalue weighted by atomic mass is 9.98. The zero-order chi connectivity index (χ0) is 15.4. The molecule has 0 radical (unpaired) electrons. The van der Waals surface area contributed by atoms with Crippen molar-refractivity contribution >= 4 is 17.3 Å². The molecule has 0 spiro atoms. The molecule has 0 aromatic heterocycles. The van der Waals surface area contributed by atoms with E-state index in [1.807, 2.05) is 6.07 Å². The number of piperidine rings is 1. The Bertz CT molecular complexity index is 501. The molecule has 1 saturated heterocycles. The predicted molar refractivity (Wildman–Crippen MR) is 87.6 cm³/mol. The first-order chi connectivity index (χ1) is 9.97. The summed E-state index contributed by atoms with van der Waals surface area (Å²) < 4.78 is 0. The third kappa shape index (κ3) is 4.11. The molecule has 0 bridgehead atoms. The molecule has 3 N–H and O–H groups in total. The summed E-state index contributed by atoms with van der Waals surface area (Å²) in [6.45, 7) is 3.16. The second kappa shape index (κ2) is 6.80. The number of rotatable bonds is 4. The molecule has 1 heterocycles. The second-order valence-corrected chi connectivity index (χ2v) is 6.16. The van der Waals surface area contributed by atoms with E-state index in [4.69, 9.17) is 5.73 Å². The molecule has 1 fully saturated rings. The Kier molecular flexibility index (Phi) is 5.07. The highest BCUT2D eigenvalue weighted by molar-refractivity contribution is 6.00. The molecule has 2 rings (SSSR count). The van der Waals surface area contributed by atoms with Gasteiger partial charge in [-0.15, -0.1) is 0 Å². The maximum atomic E-state index is 12.2. The summed E-state index contributed by atoms with van der Waals surface area (Å²) in [5.41, 5.74) is 8.05. The van der Waals surface area contributed by atoms with Crippen molar-refractivity contribution in [1.82, 2.24) is 9.80 Å². The van der Waals surface area contributed by atoms with Gasteiger partial charge in [-0.2, -0.15) is 0 Å². The molecule has 0 aliphatic carbocycles. The average molecular weight is 290 g/mol. The fourth-order valence-electron chi connectivity index (χ4n) is 2.83. The molecule has 1 aromatic rings. The van der Waals surface area contributed by atoms with Crippen LogP contribution in [0.5, 0.6) is 0 Å². The van der Waals surface area contributed by atoms with Gasteiger partial charge in [-0.3, -0.25) is 4.79 Å². The third-order valence-corrected chi connectivity index (χ3v) is 3.98. The number of carbonyl (C=O) groups is 1. The predicted octanol–water partition coefficient (Wildman–Crippen LogP) is 1.72. The number of anilines is 2. The SMILES string of the molecule is CN1CCCC(CNc2cc(N)ccc2C(=O)N(C)C)C1. The van der Waals surface area contributed by atoms with E-state index in [2.05, 4.69) is 17.3 Å². The van der Waals surface area contributed by atoms with E-state index in [1.165, 1.54) is 19.4 Å². The van der Waals surface area contributed by atoms with Gasteiger partial charge >= 0.3 is 0 Å². The summed E-state index contributed by atoms with van der Waals surface area (Å²) in [4.78, 5) is 16.2. The molecule has 1 atom stereocenters. The van der Waals surface area contributed by atoms with Crippen LogP contribution in [0.25, 0.3) is 0 Å². The quantitative estimate of drug-likeness (QED) is 0.829. The van der Waals surface area contributed by atoms with Crippen LogP contribution in [0.2, 0.25) is 0 Å². The number of carbonyl (C=O) groups excluding carboxylic acids is 1. The van der Waals surface area contributed by atoms with Gasteiger partial charge in [0.15, 0.2) is 0 Å². The molecule has 5 nitrogen and oxygen atoms in total. The summed E-state index contributed by atoms with van der Waals surface area (Å²) in [5.74, 6) is 0.616. The molecule has 5 heteroatoms. The molecule has 1 aromatic carbocycles. The smallest absolute Gasteiger partial charge is 0.255 e. The molecule has 1 aliphatic heterocycles. The molecule has 116 valence electrons. The van der Waals surface area contributed by atoms with Crippen molar-refractivity contribution in [2.75, 3.05) is 51.8 Å². The standard InChI is InChI=1S/C16H26N4O/c1-19(2)16(21)14-7-6-13(17)9-15(14)18-10-12-5-4-8-20(3)11-12/h6-7,9,12,18H,4-5,8,10-11,17H2,1-3H3. The zero-order valence-corrected chi connectivity index (χ0v) is 13.2. The molecule has 1 unspecified atom stereocenters. The number of amides is 1. The fraction of sp³-hybridized carbons (Fsp3) is 0.562. The molecule has 0 saturated carbocycles. The first-order valence-corrected chi connectivity index (χ1v) is 7.51. The lowest BCUT2D eigenvalue weighted by Crippen LogP contribution is -2.35. The number of nitrogens with zero attached hydrogens (tertiary/aromatic N) is 2. The normalized spacial score (nSPS) is 19.3. The highest BCUT2D eigenvalue weighted by Gasteiger charge is 2.18. The first kappa shape index (κ1) is 15.6. The summed E-state index contributed by atoms with van der Waals surface area (Å²) in [7, 11) is 5.69. The van der Waals surface area contributed by atoms with Crippen LogP contribution in [0.3, 0.4) is 0 Å². The average Bonchev–Trinajstić information content (AvgIpc) is 2.44. The van der Waals surface area contributed by atoms with Gasteiger partial charge in [0.1, 0.15) is 0 Å². The van der Waals surface area contributed by atoms with Crippen molar-refractivity contribution in [2.24, 2.45) is 5.92 Å². The number of hydrogen-bond acceptors (Lipinski definition) is 4. The minimum absolute atomic E-state index is 0.00161. The van der Waals surface area contributed by atoms with E-state index < -0.39 is 0 Å². The summed E-state index contributed by atoms with van der Waals surface area (Å²) in [5, 5.41) is 3.43. The van der Waals surface area contributed by atoms with Crippen LogP contribution < -0.4 is 11.1 Å². The van der Waals surface area contributed by atoms with Gasteiger partial charge in [0.2, 0.25) is 0 Å². The second-order valence-electron chi connectivity index (χ2n) is 6.16. The molecule has 1 aliphatic rings. The van der Waals surface area contributed by atoms with Gasteiger partial charge in [0.25, 0.3) is 5.91 Å². The van der Waals surface area contributed by atoms with E-state index in [9.17, 15) is 4.79 Å². The zero-order valence-electron chi connectivity index (χ0n) is 13.2. The van der Waals surface area contributed by atoms with Crippen LogP contribution in [0.1, 0.15) is 23.2 Å². The maximum absolute atomic E-state index is 12.2. The number of nitrogens with two attached hydrogens (primary N) is 1. The minimum atomic E-state index is -0.00161. The van der Waals surface area contributed by atoms with Crippen LogP contribution in [0.4, 0.5) is 11.4 Å². The van der Waals surface area contributed by atoms with Gasteiger partial charge in [-0.05, 0) is 50.6 Å². The van der Waals surface area contributed by atoms with Crippen molar-refractivity contribution in [3.63, 3.8) is 0 Å². The van der Waals surface area contributed by atoms with E-state index in [-0.39, 0.29) is 5.91 Å². The van der Waals surface area contributed by atoms with Crippen molar-refractivity contribution in [1.29, 1.82) is 0 Å². The van der Waals surface area contributed by atoms with Gasteiger partial charge in [-0.25, -0.2) is 0 Å². The highest BCUT2D eigenvalue weighted by Crippen LogP contribution is 2.22. The lowest BCUT2D eigenvalue weighted by molar-refractivity contribution is 0.0828. The van der Waals surface area contributed by atoms with Crippen molar-refractivity contribution in [3.05, 3.63) is 23.8 Å².